The minimum Gasteiger partial charge on any atom is -0.508 e. The summed E-state index contributed by atoms with van der Waals surface area (Å²) < 4.78 is 1.09. The van der Waals surface area contributed by atoms with Crippen LogP contribution >= 0.6 is 15.9 Å². The van der Waals surface area contributed by atoms with Crippen LogP contribution in [0.3, 0.4) is 0 Å². The number of rotatable bonds is 0. The lowest BCUT2D eigenvalue weighted by Crippen LogP contribution is -3.16. The van der Waals surface area contributed by atoms with Gasteiger partial charge in [-0.3, -0.25) is 4.79 Å². The van der Waals surface area contributed by atoms with Crippen LogP contribution in [0.25, 0.3) is 0 Å². The number of carbonyl (C=O) groups is 1. The van der Waals surface area contributed by atoms with Crippen LogP contribution in [0.5, 0.6) is 5.75 Å². The van der Waals surface area contributed by atoms with Gasteiger partial charge in [0.2, 0.25) is 0 Å². The first kappa shape index (κ1) is 13.8. The Hall–Kier alpha value is -0.870. The molecule has 2 N–H and O–H groups in total. The number of Topliss-reactive ketones (excluding diaryl/α,β-unsaturated/α-hetero) is 1. The highest BCUT2D eigenvalue weighted by molar-refractivity contribution is 9.10. The number of phenolic OH excluding ortho intramolecular Hbond substituents is 1. The lowest BCUT2D eigenvalue weighted by atomic mass is 9.52. The van der Waals surface area contributed by atoms with Gasteiger partial charge in [-0.2, -0.15) is 0 Å². The van der Waals surface area contributed by atoms with Gasteiger partial charge in [0.25, 0.3) is 0 Å². The number of likely N-dealkylation sites (N-methyl/N-ethyl adjacent to an activating group) is 1. The van der Waals surface area contributed by atoms with Crippen molar-refractivity contribution < 1.29 is 14.8 Å². The Bertz CT molecular complexity index is 629. The first-order valence-electron chi connectivity index (χ1n) is 7.88. The summed E-state index contributed by atoms with van der Waals surface area (Å²) in [6, 6.07) is 4.32. The van der Waals surface area contributed by atoms with Gasteiger partial charge in [-0.05, 0) is 24.1 Å². The number of benzene rings is 1. The number of fused-ring (bicyclic) bond motifs is 1. The zero-order valence-corrected chi connectivity index (χ0v) is 13.9. The molecule has 1 aromatic rings. The molecule has 1 unspecified atom stereocenters. The van der Waals surface area contributed by atoms with Crippen LogP contribution in [0.2, 0.25) is 0 Å². The normalized spacial score (nSPS) is 37.8. The third-order valence-corrected chi connectivity index (χ3v) is 6.94. The monoisotopic (exact) mass is 350 g/mol. The van der Waals surface area contributed by atoms with E-state index < -0.39 is 0 Å². The highest BCUT2D eigenvalue weighted by Crippen LogP contribution is 2.55. The molecule has 2 bridgehead atoms. The summed E-state index contributed by atoms with van der Waals surface area (Å²) in [6.07, 6.45) is 4.37. The number of piperidine rings is 1. The predicted molar refractivity (Wildman–Crippen MR) is 83.7 cm³/mol. The molecule has 0 spiro atoms. The molecule has 2 fully saturated rings. The van der Waals surface area contributed by atoms with Gasteiger partial charge in [0.1, 0.15) is 11.5 Å². The molecule has 3 aliphatic rings. The van der Waals surface area contributed by atoms with Crippen molar-refractivity contribution in [2.45, 2.75) is 43.6 Å². The summed E-state index contributed by atoms with van der Waals surface area (Å²) >= 11 is 3.67. The average molecular weight is 351 g/mol. The first-order valence-corrected chi connectivity index (χ1v) is 8.67. The van der Waals surface area contributed by atoms with Crippen molar-refractivity contribution in [2.24, 2.45) is 5.92 Å². The number of halogens is 1. The fourth-order valence-corrected chi connectivity index (χ4v) is 5.77. The number of nitrogens with one attached hydrogen (secondary N) is 1. The Morgan fingerprint density at radius 1 is 1.43 bits per heavy atom. The van der Waals surface area contributed by atoms with Crippen LogP contribution in [0, 0.1) is 5.92 Å². The molecule has 1 heterocycles. The number of hydrogen-bond donors (Lipinski definition) is 2. The summed E-state index contributed by atoms with van der Waals surface area (Å²) in [5.74, 6) is 1.30. The first-order chi connectivity index (χ1) is 10.0. The molecule has 1 saturated heterocycles. The van der Waals surface area contributed by atoms with Crippen molar-refractivity contribution in [2.75, 3.05) is 13.6 Å². The zero-order valence-electron chi connectivity index (χ0n) is 12.3. The van der Waals surface area contributed by atoms with E-state index in [1.165, 1.54) is 5.56 Å². The number of quaternary nitrogens is 1. The van der Waals surface area contributed by atoms with Gasteiger partial charge in [-0.1, -0.05) is 15.9 Å². The maximum atomic E-state index is 12.2. The van der Waals surface area contributed by atoms with Gasteiger partial charge in [-0.25, -0.2) is 0 Å². The molecular weight excluding hydrogens is 330 g/mol. The maximum absolute atomic E-state index is 12.2. The summed E-state index contributed by atoms with van der Waals surface area (Å²) in [6.45, 7) is 1.10. The van der Waals surface area contributed by atoms with Crippen molar-refractivity contribution in [1.29, 1.82) is 0 Å². The van der Waals surface area contributed by atoms with Crippen molar-refractivity contribution in [3.63, 3.8) is 0 Å². The summed E-state index contributed by atoms with van der Waals surface area (Å²) in [5.41, 5.74) is 2.21. The highest BCUT2D eigenvalue weighted by atomic mass is 79.9. The third-order valence-electron chi connectivity index (χ3n) is 6.20. The number of aromatic hydroxyl groups is 1. The highest BCUT2D eigenvalue weighted by Gasteiger charge is 2.58. The van der Waals surface area contributed by atoms with Gasteiger partial charge in [0, 0.05) is 47.1 Å². The Kier molecular flexibility index (Phi) is 2.99. The van der Waals surface area contributed by atoms with Gasteiger partial charge in [0.15, 0.2) is 0 Å². The minimum atomic E-state index is -0.110. The minimum absolute atomic E-state index is 0.110. The van der Waals surface area contributed by atoms with Crippen LogP contribution in [0.4, 0.5) is 0 Å². The Balaban J connectivity index is 1.98. The SMILES string of the molecule is C[NH+]1CC[C@]23CC(=O)CC[C@H]2[C@H]1Cc1c(Br)ccc(O)c13. The largest absolute Gasteiger partial charge is 0.508 e. The Morgan fingerprint density at radius 2 is 2.24 bits per heavy atom. The number of likely N-dealkylation sites (tertiary alicyclic amines) is 1. The second kappa shape index (κ2) is 4.56. The number of phenols is 1. The standard InChI is InChI=1S/C17H20BrNO2/c1-19-7-6-17-9-10(20)2-3-12(17)14(19)8-11-13(18)4-5-15(21)16(11)17/h4-5,12,14,21H,2-3,6-9H2,1H3/p+1/t12-,14+,17-/m0/s1. The van der Waals surface area contributed by atoms with Crippen molar-refractivity contribution in [1.82, 2.24) is 0 Å². The van der Waals surface area contributed by atoms with Crippen LogP contribution in [-0.2, 0) is 16.6 Å². The van der Waals surface area contributed by atoms with E-state index in [2.05, 4.69) is 23.0 Å². The molecule has 0 aromatic heterocycles. The van der Waals surface area contributed by atoms with Gasteiger partial charge in [-0.15, -0.1) is 0 Å². The molecule has 4 atom stereocenters. The van der Waals surface area contributed by atoms with Gasteiger partial charge < -0.3 is 10.0 Å². The van der Waals surface area contributed by atoms with E-state index in [4.69, 9.17) is 0 Å². The fourth-order valence-electron chi connectivity index (χ4n) is 5.27. The third kappa shape index (κ3) is 1.78. The van der Waals surface area contributed by atoms with E-state index in [-0.39, 0.29) is 5.41 Å². The van der Waals surface area contributed by atoms with Crippen LogP contribution < -0.4 is 4.90 Å². The molecule has 4 rings (SSSR count). The topological polar surface area (TPSA) is 41.7 Å². The summed E-state index contributed by atoms with van der Waals surface area (Å²) in [4.78, 5) is 13.8. The molecule has 1 saturated carbocycles. The number of carbonyl (C=O) groups excluding carboxylic acids is 1. The summed E-state index contributed by atoms with van der Waals surface area (Å²) in [7, 11) is 2.28. The zero-order chi connectivity index (χ0) is 14.8. The van der Waals surface area contributed by atoms with E-state index >= 15 is 0 Å². The van der Waals surface area contributed by atoms with E-state index in [0.29, 0.717) is 29.9 Å². The van der Waals surface area contributed by atoms with Gasteiger partial charge >= 0.3 is 0 Å². The van der Waals surface area contributed by atoms with Gasteiger partial charge in [0.05, 0.1) is 19.6 Å². The Labute approximate surface area is 133 Å². The van der Waals surface area contributed by atoms with E-state index in [1.54, 1.807) is 11.0 Å². The quantitative estimate of drug-likeness (QED) is 0.746. The van der Waals surface area contributed by atoms with Crippen LogP contribution in [-0.4, -0.2) is 30.5 Å². The average Bonchev–Trinajstić information content (AvgIpc) is 2.46. The van der Waals surface area contributed by atoms with E-state index in [0.717, 1.165) is 42.3 Å². The van der Waals surface area contributed by atoms with Crippen molar-refractivity contribution in [3.05, 3.63) is 27.7 Å². The molecule has 2 aliphatic carbocycles. The second-order valence-electron chi connectivity index (χ2n) is 7.09. The molecule has 4 heteroatoms. The van der Waals surface area contributed by atoms with E-state index in [9.17, 15) is 9.90 Å². The number of hydrogen-bond acceptors (Lipinski definition) is 2. The molecule has 1 aromatic carbocycles. The van der Waals surface area contributed by atoms with Crippen LogP contribution in [0.1, 0.15) is 36.8 Å². The van der Waals surface area contributed by atoms with Crippen molar-refractivity contribution in [3.8, 4) is 5.75 Å². The molecule has 3 nitrogen and oxygen atoms in total. The summed E-state index contributed by atoms with van der Waals surface area (Å²) in [5, 5.41) is 10.5. The molecule has 1 aliphatic heterocycles. The molecule has 0 amide bonds. The van der Waals surface area contributed by atoms with E-state index in [1.807, 2.05) is 6.07 Å². The molecule has 0 radical (unpaired) electrons. The molecule has 112 valence electrons. The number of ketones is 1. The van der Waals surface area contributed by atoms with Crippen molar-refractivity contribution >= 4 is 21.7 Å². The molecular formula is C17H21BrNO2+. The molecule has 21 heavy (non-hydrogen) atoms. The second-order valence-corrected chi connectivity index (χ2v) is 7.95. The predicted octanol–water partition coefficient (Wildman–Crippen LogP) is 1.60. The maximum Gasteiger partial charge on any atom is 0.133 e. The smallest absolute Gasteiger partial charge is 0.133 e. The lowest BCUT2D eigenvalue weighted by Gasteiger charge is -2.55. The lowest BCUT2D eigenvalue weighted by molar-refractivity contribution is -0.918. The fraction of sp³-hybridized carbons (Fsp3) is 0.588. The van der Waals surface area contributed by atoms with Crippen LogP contribution in [0.15, 0.2) is 16.6 Å². The Morgan fingerprint density at radius 3 is 3.05 bits per heavy atom.